The van der Waals surface area contributed by atoms with Crippen molar-refractivity contribution in [3.63, 3.8) is 0 Å². The van der Waals surface area contributed by atoms with E-state index in [9.17, 15) is 9.59 Å². The molecular formula is C14H15NO5. The number of carboxylic acid groups (broad SMARTS) is 1. The van der Waals surface area contributed by atoms with Crippen LogP contribution >= 0.6 is 0 Å². The van der Waals surface area contributed by atoms with Crippen LogP contribution in [0.25, 0.3) is 0 Å². The monoisotopic (exact) mass is 277 g/mol. The summed E-state index contributed by atoms with van der Waals surface area (Å²) in [6.45, 7) is 1.20. The number of rotatable bonds is 5. The molecule has 2 N–H and O–H groups in total. The quantitative estimate of drug-likeness (QED) is 0.836. The molecule has 0 saturated heterocycles. The van der Waals surface area contributed by atoms with Gasteiger partial charge in [0.05, 0.1) is 5.56 Å². The minimum atomic E-state index is -0.964. The van der Waals surface area contributed by atoms with Crippen LogP contribution in [0.3, 0.4) is 0 Å². The third kappa shape index (κ3) is 3.74. The third-order valence-corrected chi connectivity index (χ3v) is 2.75. The average molecular weight is 277 g/mol. The standard InChI is InChI=1S/C14H15NO5/c16-13(12-9-19-6-7-20-12)15-5-4-10-2-1-3-11(8-10)14(17)18/h1-3,8-9H,4-7H2,(H,15,16)(H,17,18). The Balaban J connectivity index is 1.83. The van der Waals surface area contributed by atoms with Crippen molar-refractivity contribution in [1.29, 1.82) is 0 Å². The normalized spacial score (nSPS) is 13.7. The van der Waals surface area contributed by atoms with Crippen molar-refractivity contribution in [3.8, 4) is 0 Å². The van der Waals surface area contributed by atoms with Crippen molar-refractivity contribution in [2.45, 2.75) is 6.42 Å². The molecule has 0 fully saturated rings. The van der Waals surface area contributed by atoms with E-state index in [1.54, 1.807) is 12.1 Å². The van der Waals surface area contributed by atoms with E-state index >= 15 is 0 Å². The Kier molecular flexibility index (Phi) is 4.60. The Bertz CT molecular complexity index is 538. The van der Waals surface area contributed by atoms with Gasteiger partial charge in [0, 0.05) is 6.54 Å². The average Bonchev–Trinajstić information content (AvgIpc) is 2.48. The molecule has 0 spiro atoms. The van der Waals surface area contributed by atoms with E-state index in [-0.39, 0.29) is 17.2 Å². The Morgan fingerprint density at radius 2 is 2.15 bits per heavy atom. The molecule has 20 heavy (non-hydrogen) atoms. The first-order valence-corrected chi connectivity index (χ1v) is 6.22. The largest absolute Gasteiger partial charge is 0.494 e. The summed E-state index contributed by atoms with van der Waals surface area (Å²) in [6.07, 6.45) is 1.84. The molecule has 1 amide bonds. The van der Waals surface area contributed by atoms with E-state index in [0.717, 1.165) is 5.56 Å². The molecule has 1 aliphatic rings. The van der Waals surface area contributed by atoms with E-state index in [1.165, 1.54) is 12.3 Å². The van der Waals surface area contributed by atoms with Crippen LogP contribution in [-0.2, 0) is 20.7 Å². The molecule has 106 valence electrons. The van der Waals surface area contributed by atoms with Crippen LogP contribution in [0.4, 0.5) is 0 Å². The van der Waals surface area contributed by atoms with Crippen LogP contribution in [0.1, 0.15) is 15.9 Å². The molecule has 1 aromatic rings. The Labute approximate surface area is 116 Å². The van der Waals surface area contributed by atoms with E-state index in [4.69, 9.17) is 14.6 Å². The van der Waals surface area contributed by atoms with Crippen LogP contribution in [0, 0.1) is 0 Å². The van der Waals surface area contributed by atoms with E-state index in [0.29, 0.717) is 26.2 Å². The SMILES string of the molecule is O=C(NCCc1cccc(C(=O)O)c1)C1=COCCO1. The van der Waals surface area contributed by atoms with E-state index < -0.39 is 5.97 Å². The molecule has 0 bridgehead atoms. The second-order valence-corrected chi connectivity index (χ2v) is 4.21. The molecule has 0 unspecified atom stereocenters. The van der Waals surface area contributed by atoms with Gasteiger partial charge in [0.25, 0.3) is 5.91 Å². The highest BCUT2D eigenvalue weighted by atomic mass is 16.6. The molecule has 1 aromatic carbocycles. The molecule has 0 atom stereocenters. The zero-order chi connectivity index (χ0) is 14.4. The van der Waals surface area contributed by atoms with Crippen molar-refractivity contribution in [1.82, 2.24) is 5.32 Å². The van der Waals surface area contributed by atoms with Gasteiger partial charge in [0.2, 0.25) is 5.76 Å². The minimum absolute atomic E-state index is 0.163. The molecule has 6 nitrogen and oxygen atoms in total. The van der Waals surface area contributed by atoms with Crippen LogP contribution in [0.5, 0.6) is 0 Å². The van der Waals surface area contributed by atoms with Crippen molar-refractivity contribution in [3.05, 3.63) is 47.4 Å². The highest BCUT2D eigenvalue weighted by Gasteiger charge is 2.14. The summed E-state index contributed by atoms with van der Waals surface area (Å²) >= 11 is 0. The number of hydrogen-bond acceptors (Lipinski definition) is 4. The molecule has 0 saturated carbocycles. The summed E-state index contributed by atoms with van der Waals surface area (Å²) < 4.78 is 10.1. The predicted molar refractivity (Wildman–Crippen MR) is 70.1 cm³/mol. The second-order valence-electron chi connectivity index (χ2n) is 4.21. The third-order valence-electron chi connectivity index (χ3n) is 2.75. The molecule has 0 aliphatic carbocycles. The van der Waals surface area contributed by atoms with Gasteiger partial charge in [-0.05, 0) is 24.1 Å². The fraction of sp³-hybridized carbons (Fsp3) is 0.286. The van der Waals surface area contributed by atoms with Gasteiger partial charge >= 0.3 is 5.97 Å². The van der Waals surface area contributed by atoms with Gasteiger partial charge in [-0.15, -0.1) is 0 Å². The van der Waals surface area contributed by atoms with Gasteiger partial charge in [-0.3, -0.25) is 4.79 Å². The van der Waals surface area contributed by atoms with E-state index in [2.05, 4.69) is 5.32 Å². The molecule has 1 heterocycles. The second kappa shape index (κ2) is 6.60. The number of carboxylic acids is 1. The molecular weight excluding hydrogens is 262 g/mol. The van der Waals surface area contributed by atoms with Crippen LogP contribution in [-0.4, -0.2) is 36.7 Å². The van der Waals surface area contributed by atoms with Crippen LogP contribution in [0.2, 0.25) is 0 Å². The molecule has 1 aliphatic heterocycles. The maximum Gasteiger partial charge on any atom is 0.335 e. The fourth-order valence-corrected chi connectivity index (χ4v) is 1.75. The summed E-state index contributed by atoms with van der Waals surface area (Å²) in [5.41, 5.74) is 1.08. The number of hydrogen-bond donors (Lipinski definition) is 2. The summed E-state index contributed by atoms with van der Waals surface area (Å²) in [4.78, 5) is 22.5. The summed E-state index contributed by atoms with van der Waals surface area (Å²) in [6, 6.07) is 6.62. The molecule has 0 aromatic heterocycles. The lowest BCUT2D eigenvalue weighted by atomic mass is 10.1. The number of benzene rings is 1. The van der Waals surface area contributed by atoms with Gasteiger partial charge in [0.15, 0.2) is 0 Å². The smallest absolute Gasteiger partial charge is 0.335 e. The van der Waals surface area contributed by atoms with E-state index in [1.807, 2.05) is 6.07 Å². The maximum atomic E-state index is 11.7. The lowest BCUT2D eigenvalue weighted by molar-refractivity contribution is -0.122. The van der Waals surface area contributed by atoms with Crippen LogP contribution < -0.4 is 5.32 Å². The molecule has 0 radical (unpaired) electrons. The highest BCUT2D eigenvalue weighted by molar-refractivity contribution is 5.91. The van der Waals surface area contributed by atoms with Gasteiger partial charge in [0.1, 0.15) is 19.5 Å². The Morgan fingerprint density at radius 1 is 1.30 bits per heavy atom. The van der Waals surface area contributed by atoms with Crippen LogP contribution in [0.15, 0.2) is 36.3 Å². The first-order chi connectivity index (χ1) is 9.66. The summed E-state index contributed by atoms with van der Waals surface area (Å²) in [5, 5.41) is 11.6. The topological polar surface area (TPSA) is 84.9 Å². The maximum absolute atomic E-state index is 11.7. The van der Waals surface area contributed by atoms with Gasteiger partial charge < -0.3 is 19.9 Å². The number of nitrogens with one attached hydrogen (secondary N) is 1. The summed E-state index contributed by atoms with van der Waals surface area (Å²) in [7, 11) is 0. The predicted octanol–water partition coefficient (Wildman–Crippen LogP) is 0.932. The lowest BCUT2D eigenvalue weighted by Gasteiger charge is -2.15. The van der Waals surface area contributed by atoms with Crippen molar-refractivity contribution >= 4 is 11.9 Å². The van der Waals surface area contributed by atoms with Crippen molar-refractivity contribution in [2.24, 2.45) is 0 Å². The summed E-state index contributed by atoms with van der Waals surface area (Å²) in [5.74, 6) is -1.14. The first-order valence-electron chi connectivity index (χ1n) is 6.22. The van der Waals surface area contributed by atoms with Crippen molar-refractivity contribution in [2.75, 3.05) is 19.8 Å². The zero-order valence-electron chi connectivity index (χ0n) is 10.8. The van der Waals surface area contributed by atoms with Gasteiger partial charge in [-0.1, -0.05) is 12.1 Å². The molecule has 6 heteroatoms. The number of carbonyl (C=O) groups is 2. The van der Waals surface area contributed by atoms with Crippen molar-refractivity contribution < 1.29 is 24.2 Å². The molecule has 2 rings (SSSR count). The number of carbonyl (C=O) groups excluding carboxylic acids is 1. The van der Waals surface area contributed by atoms with Gasteiger partial charge in [-0.2, -0.15) is 0 Å². The fourth-order valence-electron chi connectivity index (χ4n) is 1.75. The lowest BCUT2D eigenvalue weighted by Crippen LogP contribution is -2.30. The number of aromatic carboxylic acids is 1. The number of amides is 1. The Morgan fingerprint density at radius 3 is 2.85 bits per heavy atom. The number of ether oxygens (including phenoxy) is 2. The minimum Gasteiger partial charge on any atom is -0.494 e. The Hall–Kier alpha value is -2.50. The first kappa shape index (κ1) is 13.9. The highest BCUT2D eigenvalue weighted by Crippen LogP contribution is 2.07. The zero-order valence-corrected chi connectivity index (χ0v) is 10.8. The van der Waals surface area contributed by atoms with Gasteiger partial charge in [-0.25, -0.2) is 4.79 Å².